The van der Waals surface area contributed by atoms with E-state index in [2.05, 4.69) is 36.0 Å². The van der Waals surface area contributed by atoms with Crippen LogP contribution in [-0.2, 0) is 11.2 Å². The van der Waals surface area contributed by atoms with Gasteiger partial charge in [0.25, 0.3) is 0 Å². The van der Waals surface area contributed by atoms with E-state index in [1.807, 2.05) is 6.92 Å². The van der Waals surface area contributed by atoms with Crippen molar-refractivity contribution in [3.63, 3.8) is 0 Å². The zero-order chi connectivity index (χ0) is 18.5. The standard InChI is InChI=1S/C17H21BrN4O3S/c1-2-6-14-19-17(21-20-14)26-13(16(23)24)10-11-9-12(18)15(25-11)22-7-4-3-5-8-22/h9-10H,2-8H2,1H3,(H,23,24)(H,19,20,21)/b13-10-. The molecule has 0 spiro atoms. The second kappa shape index (κ2) is 8.77. The first-order valence-electron chi connectivity index (χ1n) is 8.65. The van der Waals surface area contributed by atoms with Crippen molar-refractivity contribution in [3.05, 3.63) is 27.0 Å². The molecule has 26 heavy (non-hydrogen) atoms. The number of piperidine rings is 1. The predicted molar refractivity (Wildman–Crippen MR) is 104 cm³/mol. The molecular formula is C17H21BrN4O3S. The first kappa shape index (κ1) is 19.0. The minimum absolute atomic E-state index is 0.110. The molecule has 2 aromatic heterocycles. The summed E-state index contributed by atoms with van der Waals surface area (Å²) in [5.74, 6) is 0.970. The smallest absolute Gasteiger partial charge is 0.342 e. The summed E-state index contributed by atoms with van der Waals surface area (Å²) in [5, 5.41) is 16.8. The number of nitrogens with zero attached hydrogens (tertiary/aromatic N) is 3. The van der Waals surface area contributed by atoms with Crippen LogP contribution in [0.25, 0.3) is 6.08 Å². The molecule has 140 valence electrons. The minimum Gasteiger partial charge on any atom is -0.477 e. The van der Waals surface area contributed by atoms with E-state index in [1.165, 1.54) is 12.5 Å². The normalized spacial score (nSPS) is 15.5. The number of nitrogens with one attached hydrogen (secondary N) is 1. The fourth-order valence-electron chi connectivity index (χ4n) is 2.79. The molecule has 1 saturated heterocycles. The van der Waals surface area contributed by atoms with Gasteiger partial charge in [0.15, 0.2) is 0 Å². The molecule has 0 aliphatic carbocycles. The average molecular weight is 441 g/mol. The molecule has 9 heteroatoms. The van der Waals surface area contributed by atoms with E-state index in [9.17, 15) is 9.90 Å². The van der Waals surface area contributed by atoms with Gasteiger partial charge in [0.2, 0.25) is 11.0 Å². The van der Waals surface area contributed by atoms with Gasteiger partial charge in [-0.25, -0.2) is 9.78 Å². The Hall–Kier alpha value is -1.74. The summed E-state index contributed by atoms with van der Waals surface area (Å²) in [6.45, 7) is 3.95. The molecule has 0 bridgehead atoms. The van der Waals surface area contributed by atoms with Gasteiger partial charge >= 0.3 is 5.97 Å². The number of carboxylic acid groups (broad SMARTS) is 1. The Balaban J connectivity index is 1.78. The van der Waals surface area contributed by atoms with E-state index >= 15 is 0 Å². The number of H-pyrrole nitrogens is 1. The molecular weight excluding hydrogens is 420 g/mol. The molecule has 0 radical (unpaired) electrons. The highest BCUT2D eigenvalue weighted by atomic mass is 79.9. The predicted octanol–water partition coefficient (Wildman–Crippen LogP) is 4.32. The number of rotatable bonds is 7. The molecule has 1 fully saturated rings. The molecule has 0 unspecified atom stereocenters. The highest BCUT2D eigenvalue weighted by Gasteiger charge is 2.20. The number of carbonyl (C=O) groups is 1. The lowest BCUT2D eigenvalue weighted by Gasteiger charge is -2.26. The van der Waals surface area contributed by atoms with Crippen molar-refractivity contribution in [1.82, 2.24) is 15.2 Å². The van der Waals surface area contributed by atoms with E-state index in [-0.39, 0.29) is 4.91 Å². The fraction of sp³-hybridized carbons (Fsp3) is 0.471. The molecule has 0 saturated carbocycles. The van der Waals surface area contributed by atoms with Crippen LogP contribution in [0.15, 0.2) is 25.0 Å². The molecule has 0 atom stereocenters. The van der Waals surface area contributed by atoms with Crippen LogP contribution < -0.4 is 4.90 Å². The summed E-state index contributed by atoms with van der Waals surface area (Å²) in [6.07, 6.45) is 6.75. The maximum atomic E-state index is 11.6. The van der Waals surface area contributed by atoms with Gasteiger partial charge in [-0.2, -0.15) is 0 Å². The fourth-order valence-corrected chi connectivity index (χ4v) is 4.06. The van der Waals surface area contributed by atoms with Crippen LogP contribution in [0.2, 0.25) is 0 Å². The number of hydrogen-bond acceptors (Lipinski definition) is 6. The number of aromatic amines is 1. The lowest BCUT2D eigenvalue weighted by atomic mass is 10.1. The maximum absolute atomic E-state index is 11.6. The zero-order valence-corrected chi connectivity index (χ0v) is 16.9. The highest BCUT2D eigenvalue weighted by Crippen LogP contribution is 2.34. The number of thioether (sulfide) groups is 1. The molecule has 2 N–H and O–H groups in total. The van der Waals surface area contributed by atoms with Crippen LogP contribution in [0, 0.1) is 0 Å². The van der Waals surface area contributed by atoms with Crippen molar-refractivity contribution in [2.45, 2.75) is 44.2 Å². The lowest BCUT2D eigenvalue weighted by Crippen LogP contribution is -2.29. The van der Waals surface area contributed by atoms with Crippen LogP contribution in [0.1, 0.15) is 44.2 Å². The topological polar surface area (TPSA) is 95.2 Å². The number of halogens is 1. The zero-order valence-electron chi connectivity index (χ0n) is 14.5. The Bertz CT molecular complexity index is 796. The van der Waals surface area contributed by atoms with Gasteiger partial charge in [0.1, 0.15) is 16.5 Å². The lowest BCUT2D eigenvalue weighted by molar-refractivity contribution is -0.131. The number of aromatic nitrogens is 3. The molecule has 0 aromatic carbocycles. The largest absolute Gasteiger partial charge is 0.477 e. The second-order valence-electron chi connectivity index (χ2n) is 6.08. The third kappa shape index (κ3) is 4.70. The van der Waals surface area contributed by atoms with Crippen molar-refractivity contribution in [1.29, 1.82) is 0 Å². The molecule has 3 heterocycles. The first-order chi connectivity index (χ1) is 12.6. The average Bonchev–Trinajstić information content (AvgIpc) is 3.22. The number of aryl methyl sites for hydroxylation is 1. The summed E-state index contributed by atoms with van der Waals surface area (Å²) < 4.78 is 6.73. The molecule has 7 nitrogen and oxygen atoms in total. The third-order valence-corrected chi connectivity index (χ3v) is 5.46. The highest BCUT2D eigenvalue weighted by molar-refractivity contribution is 9.10. The summed E-state index contributed by atoms with van der Waals surface area (Å²) >= 11 is 4.53. The first-order valence-corrected chi connectivity index (χ1v) is 10.3. The number of carboxylic acids is 1. The van der Waals surface area contributed by atoms with Gasteiger partial charge in [0, 0.05) is 31.7 Å². The Morgan fingerprint density at radius 2 is 2.23 bits per heavy atom. The van der Waals surface area contributed by atoms with Crippen LogP contribution in [0.5, 0.6) is 0 Å². The number of hydrogen-bond donors (Lipinski definition) is 2. The molecule has 1 aliphatic heterocycles. The van der Waals surface area contributed by atoms with Gasteiger partial charge in [-0.05, 0) is 53.4 Å². The molecule has 0 amide bonds. The summed E-state index contributed by atoms with van der Waals surface area (Å²) in [4.78, 5) is 18.2. The maximum Gasteiger partial charge on any atom is 0.342 e. The Labute approximate surface area is 164 Å². The van der Waals surface area contributed by atoms with Gasteiger partial charge in [0.05, 0.1) is 4.47 Å². The summed E-state index contributed by atoms with van der Waals surface area (Å²) in [5.41, 5.74) is 0. The number of aliphatic carboxylic acids is 1. The quantitative estimate of drug-likeness (QED) is 0.488. The Kier molecular flexibility index (Phi) is 6.42. The van der Waals surface area contributed by atoms with Crippen molar-refractivity contribution < 1.29 is 14.3 Å². The van der Waals surface area contributed by atoms with E-state index < -0.39 is 5.97 Å². The molecule has 2 aromatic rings. The summed E-state index contributed by atoms with van der Waals surface area (Å²) in [7, 11) is 0. The van der Waals surface area contributed by atoms with Crippen LogP contribution in [0.4, 0.5) is 5.88 Å². The van der Waals surface area contributed by atoms with E-state index in [0.717, 1.165) is 66.7 Å². The van der Waals surface area contributed by atoms with Crippen molar-refractivity contribution >= 4 is 45.6 Å². The van der Waals surface area contributed by atoms with Crippen LogP contribution in [0.3, 0.4) is 0 Å². The van der Waals surface area contributed by atoms with Gasteiger partial charge in [-0.1, -0.05) is 6.92 Å². The van der Waals surface area contributed by atoms with Gasteiger partial charge < -0.3 is 14.4 Å². The van der Waals surface area contributed by atoms with Crippen molar-refractivity contribution in [3.8, 4) is 0 Å². The summed E-state index contributed by atoms with van der Waals surface area (Å²) in [6, 6.07) is 1.80. The van der Waals surface area contributed by atoms with Crippen LogP contribution in [-0.4, -0.2) is 39.3 Å². The third-order valence-electron chi connectivity index (χ3n) is 4.01. The monoisotopic (exact) mass is 440 g/mol. The second-order valence-corrected chi connectivity index (χ2v) is 7.94. The minimum atomic E-state index is -1.04. The van der Waals surface area contributed by atoms with E-state index in [0.29, 0.717) is 10.9 Å². The molecule has 3 rings (SSSR count). The molecule has 1 aliphatic rings. The van der Waals surface area contributed by atoms with Crippen LogP contribution >= 0.6 is 27.7 Å². The van der Waals surface area contributed by atoms with Gasteiger partial charge in [-0.15, -0.1) is 5.10 Å². The van der Waals surface area contributed by atoms with Crippen molar-refractivity contribution in [2.24, 2.45) is 0 Å². The Morgan fingerprint density at radius 1 is 1.46 bits per heavy atom. The van der Waals surface area contributed by atoms with Gasteiger partial charge in [-0.3, -0.25) is 5.10 Å². The number of anilines is 1. The SMILES string of the molecule is CCCc1nc(S/C(=C\c2cc(Br)c(N3CCCCC3)o2)C(=O)O)n[nH]1. The van der Waals surface area contributed by atoms with E-state index in [4.69, 9.17) is 4.42 Å². The Morgan fingerprint density at radius 3 is 2.92 bits per heavy atom. The van der Waals surface area contributed by atoms with E-state index in [1.54, 1.807) is 6.07 Å². The number of furan rings is 1. The van der Waals surface area contributed by atoms with Crippen molar-refractivity contribution in [2.75, 3.05) is 18.0 Å².